The lowest BCUT2D eigenvalue weighted by Gasteiger charge is -2.31. The van der Waals surface area contributed by atoms with Gasteiger partial charge in [0.2, 0.25) is 0 Å². The van der Waals surface area contributed by atoms with Crippen molar-refractivity contribution < 1.29 is 31.9 Å². The van der Waals surface area contributed by atoms with Crippen LogP contribution in [-0.4, -0.2) is 40.7 Å². The van der Waals surface area contributed by atoms with E-state index in [1.165, 1.54) is 4.90 Å². The number of nitrogens with zero attached hydrogens (tertiary/aromatic N) is 2. The van der Waals surface area contributed by atoms with E-state index in [1.54, 1.807) is 0 Å². The van der Waals surface area contributed by atoms with Crippen LogP contribution in [-0.2, 0) is 26.7 Å². The summed E-state index contributed by atoms with van der Waals surface area (Å²) in [5.74, 6) is 0. The fraction of sp³-hybridized carbons (Fsp3) is 0.429. The van der Waals surface area contributed by atoms with E-state index in [0.29, 0.717) is 4.57 Å². The number of alkyl halides is 3. The van der Waals surface area contributed by atoms with Gasteiger partial charge in [0.25, 0.3) is 0 Å². The van der Waals surface area contributed by atoms with E-state index in [9.17, 15) is 27.3 Å². The van der Waals surface area contributed by atoms with E-state index >= 15 is 0 Å². The van der Waals surface area contributed by atoms with E-state index in [2.05, 4.69) is 9.51 Å². The Kier molecular flexibility index (Phi) is 5.33. The van der Waals surface area contributed by atoms with Crippen LogP contribution in [0.4, 0.5) is 18.9 Å². The van der Waals surface area contributed by atoms with Crippen LogP contribution in [0.25, 0.3) is 11.0 Å². The Morgan fingerprint density at radius 3 is 2.52 bits per heavy atom. The number of H-pyrrole nitrogens is 1. The number of fused-ring (bicyclic) bond motifs is 1. The predicted octanol–water partition coefficient (Wildman–Crippen LogP) is 1.17. The molecule has 1 aromatic carbocycles. The number of nitrogens with one attached hydrogen (secondary N) is 1. The molecule has 1 aromatic heterocycles. The van der Waals surface area contributed by atoms with Crippen LogP contribution >= 0.6 is 8.25 Å². The highest BCUT2D eigenvalue weighted by atomic mass is 31.1. The van der Waals surface area contributed by atoms with E-state index in [0.717, 1.165) is 12.1 Å². The van der Waals surface area contributed by atoms with Crippen molar-refractivity contribution in [3.8, 4) is 0 Å². The normalized spacial score (nSPS) is 16.0. The van der Waals surface area contributed by atoms with Crippen LogP contribution in [0.1, 0.15) is 5.56 Å². The number of rotatable bonds is 4. The number of ether oxygens (including phenoxy) is 1. The first-order chi connectivity index (χ1) is 12.7. The van der Waals surface area contributed by atoms with E-state index < -0.39 is 37.8 Å². The molecule has 1 unspecified atom stereocenters. The summed E-state index contributed by atoms with van der Waals surface area (Å²) in [6.45, 7) is 0.130. The Bertz CT molecular complexity index is 996. The highest BCUT2D eigenvalue weighted by molar-refractivity contribution is 7.32. The Morgan fingerprint density at radius 1 is 1.26 bits per heavy atom. The van der Waals surface area contributed by atoms with Crippen molar-refractivity contribution in [1.82, 2.24) is 9.55 Å². The fourth-order valence-electron chi connectivity index (χ4n) is 2.84. The zero-order valence-electron chi connectivity index (χ0n) is 13.7. The van der Waals surface area contributed by atoms with E-state index in [4.69, 9.17) is 9.63 Å². The number of anilines is 1. The van der Waals surface area contributed by atoms with Gasteiger partial charge < -0.3 is 14.6 Å². The molecule has 1 aliphatic rings. The second-order valence-corrected chi connectivity index (χ2v) is 6.40. The molecule has 1 fully saturated rings. The van der Waals surface area contributed by atoms with Crippen LogP contribution in [0, 0.1) is 0 Å². The number of benzene rings is 1. The van der Waals surface area contributed by atoms with Gasteiger partial charge >= 0.3 is 25.5 Å². The molecule has 0 amide bonds. The highest BCUT2D eigenvalue weighted by Crippen LogP contribution is 2.39. The van der Waals surface area contributed by atoms with Gasteiger partial charge in [-0.3, -0.25) is 14.2 Å². The van der Waals surface area contributed by atoms with Gasteiger partial charge in [-0.25, -0.2) is 0 Å². The Balaban J connectivity index is 2.27. The van der Waals surface area contributed by atoms with Crippen molar-refractivity contribution in [3.63, 3.8) is 0 Å². The maximum absolute atomic E-state index is 13.6. The predicted molar refractivity (Wildman–Crippen MR) is 87.8 cm³/mol. The van der Waals surface area contributed by atoms with Gasteiger partial charge in [-0.1, -0.05) is 4.52 Å². The summed E-state index contributed by atoms with van der Waals surface area (Å²) in [7, 11) is -3.08. The molecule has 0 spiro atoms. The molecule has 27 heavy (non-hydrogen) atoms. The van der Waals surface area contributed by atoms with Gasteiger partial charge in [-0.15, -0.1) is 4.89 Å². The summed E-state index contributed by atoms with van der Waals surface area (Å²) in [4.78, 5) is 36.2. The number of morpholine rings is 1. The molecule has 0 saturated carbocycles. The lowest BCUT2D eigenvalue weighted by Crippen LogP contribution is -2.39. The highest BCUT2D eigenvalue weighted by Gasteiger charge is 2.36. The molecular formula is C14H14F3N3O6P+. The monoisotopic (exact) mass is 408 g/mol. The third-order valence-electron chi connectivity index (χ3n) is 4.05. The lowest BCUT2D eigenvalue weighted by molar-refractivity contribution is -0.137. The first kappa shape index (κ1) is 19.5. The molecule has 1 aliphatic heterocycles. The summed E-state index contributed by atoms with van der Waals surface area (Å²) in [6, 6.07) is 1.84. The van der Waals surface area contributed by atoms with Crippen LogP contribution in [0.5, 0.6) is 0 Å². The maximum atomic E-state index is 13.6. The molecule has 146 valence electrons. The van der Waals surface area contributed by atoms with E-state index in [1.807, 2.05) is 0 Å². The largest absolute Gasteiger partial charge is 0.696 e. The Morgan fingerprint density at radius 2 is 1.93 bits per heavy atom. The van der Waals surface area contributed by atoms with Crippen molar-refractivity contribution in [3.05, 3.63) is 38.4 Å². The molecule has 0 bridgehead atoms. The Labute approximate surface area is 149 Å². The van der Waals surface area contributed by atoms with Crippen LogP contribution in [0.3, 0.4) is 0 Å². The molecule has 2 heterocycles. The van der Waals surface area contributed by atoms with Gasteiger partial charge in [0.05, 0.1) is 35.5 Å². The minimum atomic E-state index is -4.70. The molecule has 9 nitrogen and oxygen atoms in total. The van der Waals surface area contributed by atoms with Crippen molar-refractivity contribution in [2.45, 2.75) is 12.9 Å². The maximum Gasteiger partial charge on any atom is 0.696 e. The zero-order chi connectivity index (χ0) is 19.8. The lowest BCUT2D eigenvalue weighted by atomic mass is 10.1. The third-order valence-corrected chi connectivity index (χ3v) is 4.38. The fourth-order valence-corrected chi connectivity index (χ4v) is 3.05. The number of halogens is 3. The van der Waals surface area contributed by atoms with Crippen molar-refractivity contribution in [2.75, 3.05) is 31.2 Å². The summed E-state index contributed by atoms with van der Waals surface area (Å²) < 4.78 is 61.7. The van der Waals surface area contributed by atoms with Crippen molar-refractivity contribution in [1.29, 1.82) is 0 Å². The van der Waals surface area contributed by atoms with Gasteiger partial charge in [0.15, 0.2) is 6.73 Å². The first-order valence-electron chi connectivity index (χ1n) is 7.68. The standard InChI is InChI=1S/C14H13F3N3O6P/c15-14(16,17)8-5-9-11(6-10(8)19-1-3-25-4-2-19)20(7-26-27(23)24)13(22)12(21)18-9/h5-6H,1-4,7H2,(H-,18,21,23,24)/p+1. The quantitative estimate of drug-likeness (QED) is 0.577. The first-order valence-corrected chi connectivity index (χ1v) is 8.81. The van der Waals surface area contributed by atoms with Crippen LogP contribution < -0.4 is 16.0 Å². The summed E-state index contributed by atoms with van der Waals surface area (Å²) >= 11 is 0. The van der Waals surface area contributed by atoms with Gasteiger partial charge in [-0.05, 0) is 12.1 Å². The van der Waals surface area contributed by atoms with Gasteiger partial charge in [-0.2, -0.15) is 13.2 Å². The van der Waals surface area contributed by atoms with Crippen molar-refractivity contribution >= 4 is 25.0 Å². The second-order valence-electron chi connectivity index (χ2n) is 5.67. The molecule has 2 aromatic rings. The average molecular weight is 408 g/mol. The topological polar surface area (TPSA) is 114 Å². The molecule has 1 atom stereocenters. The molecule has 0 aliphatic carbocycles. The molecule has 13 heteroatoms. The van der Waals surface area contributed by atoms with Gasteiger partial charge in [0.1, 0.15) is 0 Å². The number of hydrogen-bond donors (Lipinski definition) is 2. The van der Waals surface area contributed by atoms with Crippen molar-refractivity contribution in [2.24, 2.45) is 0 Å². The summed E-state index contributed by atoms with van der Waals surface area (Å²) in [6.07, 6.45) is -4.70. The molecule has 0 radical (unpaired) electrons. The van der Waals surface area contributed by atoms with Gasteiger partial charge in [0, 0.05) is 17.7 Å². The van der Waals surface area contributed by atoms with Crippen LogP contribution in [0.2, 0.25) is 0 Å². The SMILES string of the molecule is O=c1[nH]c2cc(C(F)(F)F)c(N3CCOCC3)cc2n(CO[P+](=O)O)c1=O. The average Bonchev–Trinajstić information content (AvgIpc) is 2.61. The third kappa shape index (κ3) is 4.03. The smallest absolute Gasteiger partial charge is 0.378 e. The molecule has 3 rings (SSSR count). The van der Waals surface area contributed by atoms with Crippen LogP contribution in [0.15, 0.2) is 21.7 Å². The Hall–Kier alpha value is -2.27. The zero-order valence-corrected chi connectivity index (χ0v) is 14.5. The minimum absolute atomic E-state index is 0.0639. The number of aromatic amines is 1. The minimum Gasteiger partial charge on any atom is -0.378 e. The molecule has 1 saturated heterocycles. The summed E-state index contributed by atoms with van der Waals surface area (Å²) in [5.41, 5.74) is -3.77. The van der Waals surface area contributed by atoms with E-state index in [-0.39, 0.29) is 43.0 Å². The molecular weight excluding hydrogens is 394 g/mol. The number of hydrogen-bond acceptors (Lipinski definition) is 6. The molecule has 2 N–H and O–H groups in total. The number of aromatic nitrogens is 2. The second kappa shape index (κ2) is 7.39. The summed E-state index contributed by atoms with van der Waals surface area (Å²) in [5, 5.41) is 0.